The van der Waals surface area contributed by atoms with Gasteiger partial charge in [-0.05, 0) is 134 Å². The molecule has 9 rings (SSSR count). The number of hydrogen-bond acceptors (Lipinski definition) is 0. The molecule has 0 fully saturated rings. The summed E-state index contributed by atoms with van der Waals surface area (Å²) in [5.74, 6) is 0. The number of rotatable bonds is 7. The van der Waals surface area contributed by atoms with Crippen LogP contribution in [0.25, 0.3) is 32.7 Å². The number of allylic oxidation sites excluding steroid dienone is 4. The molecule has 1 radical (unpaired) electrons. The van der Waals surface area contributed by atoms with Crippen LogP contribution in [0.1, 0.15) is 47.9 Å². The normalized spacial score (nSPS) is 13.5. The van der Waals surface area contributed by atoms with Gasteiger partial charge in [-0.25, -0.2) is 0 Å². The Balaban J connectivity index is 0.000000422. The minimum atomic E-state index is -6.00. The summed E-state index contributed by atoms with van der Waals surface area (Å²) in [6.07, 6.45) is 14.0. The first kappa shape index (κ1) is 48.5. The summed E-state index contributed by atoms with van der Waals surface area (Å²) >= 11 is 0. The number of hydrogen-bond donors (Lipinski definition) is 0. The molecule has 0 atom stereocenters. The molecule has 0 aromatic heterocycles. The van der Waals surface area contributed by atoms with Crippen molar-refractivity contribution in [1.82, 2.24) is 0 Å². The van der Waals surface area contributed by atoms with Crippen LogP contribution in [-0.2, 0) is 19.5 Å². The fraction of sp³-hybridized carbons (Fsp3) is 0.143. The smallest absolute Gasteiger partial charge is 0.418 e. The Kier molecular flexibility index (Phi) is 17.3. The van der Waals surface area contributed by atoms with E-state index in [9.17, 15) is 17.3 Å². The standard InChI is InChI=1S/C48H40P2.C8H12.BF4.Rh/c1-33-13-23-39(24-14-33)49(40-25-15-34(2)16-26-40)45-31-21-37-9-5-7-11-43(37)47(45)48-44-12-8-6-10-38(44)22-32-46(48)50(41-27-17-35(3)18-28-41)42-29-19-36(4)20-30-42;1-2-4-6-8-7-5-3-1;2-1(3,4)5;/h5-32H,1-4H3;1-2,7-8H,3-6H2;;/q;;-1;/b;2-1-,8-7-;;. The van der Waals surface area contributed by atoms with E-state index in [4.69, 9.17) is 0 Å². The molecule has 1 aliphatic rings. The molecule has 8 aromatic carbocycles. The third-order valence-corrected chi connectivity index (χ3v) is 16.0. The summed E-state index contributed by atoms with van der Waals surface area (Å²) < 4.78 is 39.0. The Hall–Kier alpha value is -4.97. The van der Waals surface area contributed by atoms with Gasteiger partial charge < -0.3 is 17.3 Å². The maximum atomic E-state index is 9.75. The minimum absolute atomic E-state index is 0. The van der Waals surface area contributed by atoms with E-state index in [1.54, 1.807) is 0 Å². The molecule has 327 valence electrons. The van der Waals surface area contributed by atoms with Gasteiger partial charge in [0.05, 0.1) is 0 Å². The Bertz CT molecular complexity index is 2520. The third-order valence-electron chi connectivity index (χ3n) is 11.0. The molecule has 8 aromatic rings. The number of aryl methyl sites for hydroxylation is 4. The SMILES string of the molecule is C1=C\CC/C=C\CC/1.Cc1ccc(P(c2ccc(C)cc2)c2ccc3ccccc3c2-c2c(P(c3ccc(C)cc3)c3ccc(C)cc3)ccc3ccccc23)cc1.F[B-](F)(F)F.[Rh]. The van der Waals surface area contributed by atoms with Gasteiger partial charge in [-0.2, -0.15) is 0 Å². The van der Waals surface area contributed by atoms with Crippen molar-refractivity contribution in [2.45, 2.75) is 53.4 Å². The molecule has 8 heteroatoms. The average molecular weight is 977 g/mol. The van der Waals surface area contributed by atoms with Crippen molar-refractivity contribution in [3.63, 3.8) is 0 Å². The predicted molar refractivity (Wildman–Crippen MR) is 270 cm³/mol. The predicted octanol–water partition coefficient (Wildman–Crippen LogP) is 14.4. The van der Waals surface area contributed by atoms with Gasteiger partial charge in [0.15, 0.2) is 0 Å². The Morgan fingerprint density at radius 3 is 0.859 bits per heavy atom. The maximum Gasteiger partial charge on any atom is 0.673 e. The van der Waals surface area contributed by atoms with E-state index < -0.39 is 23.1 Å². The maximum absolute atomic E-state index is 9.75. The second-order valence-electron chi connectivity index (χ2n) is 16.0. The molecule has 0 saturated carbocycles. The van der Waals surface area contributed by atoms with Crippen molar-refractivity contribution >= 4 is 76.5 Å². The van der Waals surface area contributed by atoms with Gasteiger partial charge in [-0.3, -0.25) is 0 Å². The van der Waals surface area contributed by atoms with Gasteiger partial charge in [0.25, 0.3) is 0 Å². The van der Waals surface area contributed by atoms with Crippen LogP contribution in [0.15, 0.2) is 194 Å². The molecule has 0 amide bonds. The molecule has 0 unspecified atom stereocenters. The number of fused-ring (bicyclic) bond motifs is 2. The van der Waals surface area contributed by atoms with E-state index >= 15 is 0 Å². The zero-order chi connectivity index (χ0) is 44.3. The zero-order valence-electron chi connectivity index (χ0n) is 36.6. The van der Waals surface area contributed by atoms with Gasteiger partial charge in [-0.15, -0.1) is 0 Å². The van der Waals surface area contributed by atoms with Crippen molar-refractivity contribution in [1.29, 1.82) is 0 Å². The molecule has 1 aliphatic carbocycles. The van der Waals surface area contributed by atoms with Crippen LogP contribution in [0.4, 0.5) is 17.3 Å². The fourth-order valence-electron chi connectivity index (χ4n) is 7.90. The van der Waals surface area contributed by atoms with Crippen LogP contribution >= 0.6 is 15.8 Å². The Labute approximate surface area is 391 Å². The second-order valence-corrected chi connectivity index (χ2v) is 20.3. The van der Waals surface area contributed by atoms with Crippen molar-refractivity contribution < 1.29 is 36.7 Å². The van der Waals surface area contributed by atoms with Gasteiger partial charge in [0.1, 0.15) is 0 Å². The van der Waals surface area contributed by atoms with E-state index in [0.717, 1.165) is 0 Å². The summed E-state index contributed by atoms with van der Waals surface area (Å²) in [5.41, 5.74) is 7.84. The summed E-state index contributed by atoms with van der Waals surface area (Å²) in [7, 11) is -7.77. The zero-order valence-corrected chi connectivity index (χ0v) is 40.0. The first-order chi connectivity index (χ1) is 30.4. The van der Waals surface area contributed by atoms with Crippen molar-refractivity contribution in [3.8, 4) is 11.1 Å². The first-order valence-corrected chi connectivity index (χ1v) is 24.2. The van der Waals surface area contributed by atoms with Gasteiger partial charge in [0.2, 0.25) is 0 Å². The van der Waals surface area contributed by atoms with E-state index in [1.807, 2.05) is 0 Å². The van der Waals surface area contributed by atoms with Crippen molar-refractivity contribution in [2.75, 3.05) is 0 Å². The summed E-state index contributed by atoms with van der Waals surface area (Å²) in [4.78, 5) is 0. The summed E-state index contributed by atoms with van der Waals surface area (Å²) in [6, 6.07) is 64.6. The van der Waals surface area contributed by atoms with E-state index in [2.05, 4.69) is 222 Å². The molecule has 0 spiro atoms. The van der Waals surface area contributed by atoms with Gasteiger partial charge >= 0.3 is 7.25 Å². The molecular formula is C56H52BF4P2Rh-. The largest absolute Gasteiger partial charge is 0.673 e. The minimum Gasteiger partial charge on any atom is -0.418 e. The van der Waals surface area contributed by atoms with Crippen LogP contribution < -0.4 is 31.8 Å². The molecule has 64 heavy (non-hydrogen) atoms. The van der Waals surface area contributed by atoms with Crippen molar-refractivity contribution in [3.05, 3.63) is 216 Å². The molecule has 0 bridgehead atoms. The topological polar surface area (TPSA) is 0 Å². The number of halogens is 4. The van der Waals surface area contributed by atoms with E-state index in [1.165, 1.54) is 112 Å². The summed E-state index contributed by atoms with van der Waals surface area (Å²) in [5, 5.41) is 13.4. The van der Waals surface area contributed by atoms with Gasteiger partial charge in [-0.1, -0.05) is 216 Å². The van der Waals surface area contributed by atoms with Crippen LogP contribution in [0, 0.1) is 27.7 Å². The van der Waals surface area contributed by atoms with Gasteiger partial charge in [0, 0.05) is 19.5 Å². The molecule has 0 aliphatic heterocycles. The molecule has 0 saturated heterocycles. The van der Waals surface area contributed by atoms with Crippen LogP contribution in [-0.4, -0.2) is 7.25 Å². The van der Waals surface area contributed by atoms with E-state index in [-0.39, 0.29) is 19.5 Å². The van der Waals surface area contributed by atoms with Crippen LogP contribution in [0.2, 0.25) is 0 Å². The summed E-state index contributed by atoms with van der Waals surface area (Å²) in [6.45, 7) is 8.72. The molecule has 0 N–H and O–H groups in total. The molecule has 0 nitrogen and oxygen atoms in total. The van der Waals surface area contributed by atoms with Crippen molar-refractivity contribution in [2.24, 2.45) is 0 Å². The second kappa shape index (κ2) is 22.8. The molecule has 0 heterocycles. The first-order valence-electron chi connectivity index (χ1n) is 21.5. The Morgan fingerprint density at radius 2 is 0.594 bits per heavy atom. The quantitative estimate of drug-likeness (QED) is 0.0646. The number of benzene rings is 8. The van der Waals surface area contributed by atoms with E-state index in [0.29, 0.717) is 0 Å². The fourth-order valence-corrected chi connectivity index (χ4v) is 12.8. The monoisotopic (exact) mass is 976 g/mol. The Morgan fingerprint density at radius 1 is 0.344 bits per heavy atom. The van der Waals surface area contributed by atoms with Crippen LogP contribution in [0.3, 0.4) is 0 Å². The third kappa shape index (κ3) is 12.6. The molecular weight excluding hydrogens is 924 g/mol. The average Bonchev–Trinajstić information content (AvgIpc) is 3.26. The van der Waals surface area contributed by atoms with Crippen LogP contribution in [0.5, 0.6) is 0 Å².